The zero-order chi connectivity index (χ0) is 16.4. The van der Waals surface area contributed by atoms with E-state index in [0.29, 0.717) is 30.9 Å². The van der Waals surface area contributed by atoms with Crippen LogP contribution in [0.5, 0.6) is 0 Å². The minimum Gasteiger partial charge on any atom is -0.376 e. The van der Waals surface area contributed by atoms with E-state index in [0.717, 1.165) is 39.0 Å². The molecule has 1 N–H and O–H groups in total. The van der Waals surface area contributed by atoms with Crippen molar-refractivity contribution in [1.82, 2.24) is 14.9 Å². The standard InChI is InChI=1S/C17H24N4O3/c22-16(14-3-1-8-23-14)21-7-4-12-11-24-15(13(12)10-21)9-20-17-18-5-2-6-19-17/h2,5-6,12-15H,1,3-4,7-11H2,(H,18,19,20)/t12-,13-,14+,15+/m1/s1. The fourth-order valence-electron chi connectivity index (χ4n) is 4.00. The Morgan fingerprint density at radius 1 is 1.29 bits per heavy atom. The average molecular weight is 332 g/mol. The second-order valence-corrected chi connectivity index (χ2v) is 6.82. The first-order valence-corrected chi connectivity index (χ1v) is 8.84. The highest BCUT2D eigenvalue weighted by Gasteiger charge is 2.43. The summed E-state index contributed by atoms with van der Waals surface area (Å²) < 4.78 is 11.5. The van der Waals surface area contributed by atoms with E-state index in [1.165, 1.54) is 0 Å². The van der Waals surface area contributed by atoms with Gasteiger partial charge in [-0.2, -0.15) is 0 Å². The molecule has 0 aromatic carbocycles. The summed E-state index contributed by atoms with van der Waals surface area (Å²) in [5, 5.41) is 3.24. The van der Waals surface area contributed by atoms with Gasteiger partial charge in [0.1, 0.15) is 6.10 Å². The van der Waals surface area contributed by atoms with Crippen molar-refractivity contribution >= 4 is 11.9 Å². The highest BCUT2D eigenvalue weighted by molar-refractivity contribution is 5.81. The summed E-state index contributed by atoms with van der Waals surface area (Å²) in [6.07, 6.45) is 6.17. The number of amides is 1. The lowest BCUT2D eigenvalue weighted by Crippen LogP contribution is -2.49. The molecule has 0 unspecified atom stereocenters. The van der Waals surface area contributed by atoms with Gasteiger partial charge in [-0.25, -0.2) is 9.97 Å². The Morgan fingerprint density at radius 3 is 2.96 bits per heavy atom. The molecule has 24 heavy (non-hydrogen) atoms. The van der Waals surface area contributed by atoms with E-state index in [2.05, 4.69) is 15.3 Å². The van der Waals surface area contributed by atoms with Gasteiger partial charge in [0.05, 0.1) is 12.7 Å². The molecule has 0 radical (unpaired) electrons. The summed E-state index contributed by atoms with van der Waals surface area (Å²) in [6, 6.07) is 1.79. The number of hydrogen-bond donors (Lipinski definition) is 1. The molecule has 3 fully saturated rings. The van der Waals surface area contributed by atoms with Gasteiger partial charge in [-0.05, 0) is 31.2 Å². The Hall–Kier alpha value is -1.73. The molecule has 0 bridgehead atoms. The Morgan fingerprint density at radius 2 is 2.17 bits per heavy atom. The number of anilines is 1. The number of hydrogen-bond acceptors (Lipinski definition) is 6. The monoisotopic (exact) mass is 332 g/mol. The lowest BCUT2D eigenvalue weighted by Gasteiger charge is -2.37. The van der Waals surface area contributed by atoms with Gasteiger partial charge in [0.15, 0.2) is 0 Å². The molecule has 1 aromatic rings. The first-order valence-electron chi connectivity index (χ1n) is 8.84. The Bertz CT molecular complexity index is 564. The van der Waals surface area contributed by atoms with Crippen molar-refractivity contribution in [2.75, 3.05) is 38.2 Å². The minimum atomic E-state index is -0.224. The van der Waals surface area contributed by atoms with Crippen LogP contribution in [-0.4, -0.2) is 65.8 Å². The Balaban J connectivity index is 1.35. The van der Waals surface area contributed by atoms with Crippen LogP contribution in [-0.2, 0) is 14.3 Å². The number of nitrogens with zero attached hydrogens (tertiary/aromatic N) is 3. The molecule has 1 aromatic heterocycles. The molecule has 3 saturated heterocycles. The predicted octanol–water partition coefficient (Wildman–Crippen LogP) is 0.931. The van der Waals surface area contributed by atoms with E-state index >= 15 is 0 Å². The van der Waals surface area contributed by atoms with Gasteiger partial charge < -0.3 is 19.7 Å². The predicted molar refractivity (Wildman–Crippen MR) is 87.4 cm³/mol. The van der Waals surface area contributed by atoms with E-state index in [1.54, 1.807) is 18.5 Å². The normalized spacial score (nSPS) is 32.6. The number of likely N-dealkylation sites (tertiary alicyclic amines) is 1. The fraction of sp³-hybridized carbons (Fsp3) is 0.706. The van der Waals surface area contributed by atoms with Crippen LogP contribution in [0.2, 0.25) is 0 Å². The van der Waals surface area contributed by atoms with Crippen LogP contribution in [0, 0.1) is 11.8 Å². The summed E-state index contributed by atoms with van der Waals surface area (Å²) in [5.74, 6) is 1.70. The highest BCUT2D eigenvalue weighted by Crippen LogP contribution is 2.35. The minimum absolute atomic E-state index is 0.0962. The molecule has 0 aliphatic carbocycles. The van der Waals surface area contributed by atoms with Crippen molar-refractivity contribution in [2.45, 2.75) is 31.5 Å². The summed E-state index contributed by atoms with van der Waals surface area (Å²) in [4.78, 5) is 22.9. The van der Waals surface area contributed by atoms with Gasteiger partial charge in [-0.3, -0.25) is 4.79 Å². The number of fused-ring (bicyclic) bond motifs is 1. The zero-order valence-corrected chi connectivity index (χ0v) is 13.8. The summed E-state index contributed by atoms with van der Waals surface area (Å²) in [7, 11) is 0. The van der Waals surface area contributed by atoms with Crippen molar-refractivity contribution in [3.63, 3.8) is 0 Å². The second-order valence-electron chi connectivity index (χ2n) is 6.82. The van der Waals surface area contributed by atoms with Crippen molar-refractivity contribution in [1.29, 1.82) is 0 Å². The maximum Gasteiger partial charge on any atom is 0.251 e. The molecule has 0 saturated carbocycles. The third-order valence-corrected chi connectivity index (χ3v) is 5.35. The van der Waals surface area contributed by atoms with Crippen molar-refractivity contribution in [3.05, 3.63) is 18.5 Å². The lowest BCUT2D eigenvalue weighted by molar-refractivity contribution is -0.143. The van der Waals surface area contributed by atoms with Gasteiger partial charge >= 0.3 is 0 Å². The molecule has 3 aliphatic rings. The van der Waals surface area contributed by atoms with E-state index in [9.17, 15) is 4.79 Å². The number of rotatable bonds is 4. The highest BCUT2D eigenvalue weighted by atomic mass is 16.5. The second kappa shape index (κ2) is 7.03. The van der Waals surface area contributed by atoms with Gasteiger partial charge in [0.2, 0.25) is 5.95 Å². The summed E-state index contributed by atoms with van der Waals surface area (Å²) in [6.45, 7) is 3.77. The van der Waals surface area contributed by atoms with Crippen LogP contribution in [0.3, 0.4) is 0 Å². The van der Waals surface area contributed by atoms with E-state index in [4.69, 9.17) is 9.47 Å². The maximum atomic E-state index is 12.6. The van der Waals surface area contributed by atoms with Crippen LogP contribution < -0.4 is 5.32 Å². The quantitative estimate of drug-likeness (QED) is 0.884. The SMILES string of the molecule is O=C([C@@H]1CCCO1)N1CC[C@@H]2CO[C@@H](CNc3ncccn3)[C@@H]2C1. The molecule has 4 rings (SSSR count). The van der Waals surface area contributed by atoms with E-state index in [-0.39, 0.29) is 18.1 Å². The fourth-order valence-corrected chi connectivity index (χ4v) is 4.00. The van der Waals surface area contributed by atoms with Crippen LogP contribution in [0.4, 0.5) is 5.95 Å². The molecule has 3 aliphatic heterocycles. The number of carbonyl (C=O) groups excluding carboxylic acids is 1. The first kappa shape index (κ1) is 15.8. The number of piperidine rings is 1. The molecule has 7 nitrogen and oxygen atoms in total. The average Bonchev–Trinajstić information content (AvgIpc) is 3.30. The maximum absolute atomic E-state index is 12.6. The van der Waals surface area contributed by atoms with Gasteiger partial charge in [-0.15, -0.1) is 0 Å². The van der Waals surface area contributed by atoms with Crippen LogP contribution in [0.15, 0.2) is 18.5 Å². The van der Waals surface area contributed by atoms with Crippen LogP contribution in [0.1, 0.15) is 19.3 Å². The molecule has 130 valence electrons. The molecule has 4 atom stereocenters. The van der Waals surface area contributed by atoms with Gasteiger partial charge in [0.25, 0.3) is 5.91 Å². The van der Waals surface area contributed by atoms with Crippen molar-refractivity contribution in [2.24, 2.45) is 11.8 Å². The van der Waals surface area contributed by atoms with E-state index < -0.39 is 0 Å². The van der Waals surface area contributed by atoms with Crippen LogP contribution >= 0.6 is 0 Å². The first-order chi connectivity index (χ1) is 11.8. The number of nitrogens with one attached hydrogen (secondary N) is 1. The number of ether oxygens (including phenoxy) is 2. The van der Waals surface area contributed by atoms with Gasteiger partial charge in [0, 0.05) is 44.6 Å². The molecular weight excluding hydrogens is 308 g/mol. The summed E-state index contributed by atoms with van der Waals surface area (Å²) in [5.41, 5.74) is 0. The largest absolute Gasteiger partial charge is 0.376 e. The van der Waals surface area contributed by atoms with Gasteiger partial charge in [-0.1, -0.05) is 0 Å². The van der Waals surface area contributed by atoms with Crippen LogP contribution in [0.25, 0.3) is 0 Å². The van der Waals surface area contributed by atoms with Crippen molar-refractivity contribution in [3.8, 4) is 0 Å². The molecule has 4 heterocycles. The molecule has 1 amide bonds. The number of aromatic nitrogens is 2. The smallest absolute Gasteiger partial charge is 0.251 e. The molecule has 0 spiro atoms. The Kier molecular flexibility index (Phi) is 4.62. The molecular formula is C17H24N4O3. The number of carbonyl (C=O) groups is 1. The van der Waals surface area contributed by atoms with E-state index in [1.807, 2.05) is 4.90 Å². The third-order valence-electron chi connectivity index (χ3n) is 5.35. The lowest BCUT2D eigenvalue weighted by atomic mass is 9.84. The van der Waals surface area contributed by atoms with Crippen molar-refractivity contribution < 1.29 is 14.3 Å². The zero-order valence-electron chi connectivity index (χ0n) is 13.8. The molecule has 7 heteroatoms. The Labute approximate surface area is 141 Å². The third kappa shape index (κ3) is 3.23. The summed E-state index contributed by atoms with van der Waals surface area (Å²) >= 11 is 0. The topological polar surface area (TPSA) is 76.6 Å².